The minimum absolute atomic E-state index is 0.0680. The minimum atomic E-state index is -0.461. The van der Waals surface area contributed by atoms with Crippen molar-refractivity contribution in [2.24, 2.45) is 0 Å². The Morgan fingerprint density at radius 1 is 1.23 bits per heavy atom. The Morgan fingerprint density at radius 2 is 1.95 bits per heavy atom. The lowest BCUT2D eigenvalue weighted by atomic mass is 10.2. The Labute approximate surface area is 132 Å². The summed E-state index contributed by atoms with van der Waals surface area (Å²) in [4.78, 5) is 23.1. The van der Waals surface area contributed by atoms with Crippen molar-refractivity contribution in [1.29, 1.82) is 0 Å². The van der Waals surface area contributed by atoms with Crippen LogP contribution < -0.4 is 15.4 Å². The number of methoxy groups -OCH3 is 1. The van der Waals surface area contributed by atoms with Crippen molar-refractivity contribution in [1.82, 2.24) is 0 Å². The molecule has 0 saturated heterocycles. The highest BCUT2D eigenvalue weighted by atomic mass is 35.5. The van der Waals surface area contributed by atoms with Crippen LogP contribution in [0.4, 0.5) is 11.6 Å². The number of rotatable bonds is 4. The summed E-state index contributed by atoms with van der Waals surface area (Å²) in [6.07, 6.45) is 0. The van der Waals surface area contributed by atoms with Gasteiger partial charge in [0.2, 0.25) is 5.91 Å². The molecule has 0 aliphatic carbocycles. The molecule has 0 atom stereocenters. The summed E-state index contributed by atoms with van der Waals surface area (Å²) in [5.41, 5.74) is 1.28. The third-order valence-corrected chi connectivity index (χ3v) is 3.27. The van der Waals surface area contributed by atoms with E-state index in [1.807, 2.05) is 6.92 Å². The molecule has 7 heteroatoms. The average molecular weight is 323 g/mol. The summed E-state index contributed by atoms with van der Waals surface area (Å²) < 4.78 is 10.4. The number of carbonyl (C=O) groups excluding carboxylic acids is 2. The van der Waals surface area contributed by atoms with Crippen molar-refractivity contribution in [2.45, 2.75) is 13.8 Å². The van der Waals surface area contributed by atoms with E-state index < -0.39 is 5.91 Å². The van der Waals surface area contributed by atoms with E-state index >= 15 is 0 Å². The monoisotopic (exact) mass is 322 g/mol. The Hall–Kier alpha value is -2.47. The summed E-state index contributed by atoms with van der Waals surface area (Å²) in [6, 6.07) is 6.30. The summed E-state index contributed by atoms with van der Waals surface area (Å²) in [6.45, 7) is 3.17. The van der Waals surface area contributed by atoms with Crippen LogP contribution in [0.5, 0.6) is 5.75 Å². The van der Waals surface area contributed by atoms with E-state index in [1.54, 1.807) is 12.1 Å². The Bertz CT molecular complexity index is 724. The van der Waals surface area contributed by atoms with E-state index in [1.165, 1.54) is 26.2 Å². The van der Waals surface area contributed by atoms with Crippen molar-refractivity contribution in [3.63, 3.8) is 0 Å². The number of hydrogen-bond donors (Lipinski definition) is 2. The number of ether oxygens (including phenoxy) is 1. The lowest BCUT2D eigenvalue weighted by Crippen LogP contribution is -2.12. The molecule has 2 rings (SSSR count). The van der Waals surface area contributed by atoms with Crippen molar-refractivity contribution >= 4 is 35.0 Å². The summed E-state index contributed by atoms with van der Waals surface area (Å²) in [5, 5.41) is 5.68. The fraction of sp³-hybridized carbons (Fsp3) is 0.200. The predicted octanol–water partition coefficient (Wildman–Crippen LogP) is 3.46. The van der Waals surface area contributed by atoms with Crippen LogP contribution in [0.15, 0.2) is 28.7 Å². The Kier molecular flexibility index (Phi) is 4.72. The number of anilines is 2. The third-order valence-electron chi connectivity index (χ3n) is 2.86. The van der Waals surface area contributed by atoms with Crippen LogP contribution in [0.3, 0.4) is 0 Å². The summed E-state index contributed by atoms with van der Waals surface area (Å²) in [5.74, 6) is -0.0270. The molecule has 0 aliphatic heterocycles. The molecule has 2 aromatic rings. The molecule has 0 radical (unpaired) electrons. The highest BCUT2D eigenvalue weighted by Gasteiger charge is 2.15. The number of benzene rings is 1. The van der Waals surface area contributed by atoms with Crippen LogP contribution in [0, 0.1) is 6.92 Å². The van der Waals surface area contributed by atoms with E-state index in [-0.39, 0.29) is 17.6 Å². The van der Waals surface area contributed by atoms with Crippen LogP contribution in [0.1, 0.15) is 23.0 Å². The molecule has 116 valence electrons. The highest BCUT2D eigenvalue weighted by Crippen LogP contribution is 2.31. The molecule has 0 unspecified atom stereocenters. The number of furan rings is 1. The molecule has 1 aromatic carbocycles. The van der Waals surface area contributed by atoms with Gasteiger partial charge in [0, 0.05) is 24.1 Å². The fourth-order valence-corrected chi connectivity index (χ4v) is 1.97. The van der Waals surface area contributed by atoms with Crippen LogP contribution >= 0.6 is 11.6 Å². The first kappa shape index (κ1) is 15.9. The number of carbonyl (C=O) groups is 2. The number of amides is 2. The molecule has 1 aromatic heterocycles. The second-order valence-corrected chi connectivity index (χ2v) is 5.01. The maximum absolute atomic E-state index is 12.2. The van der Waals surface area contributed by atoms with E-state index in [2.05, 4.69) is 10.6 Å². The van der Waals surface area contributed by atoms with Crippen molar-refractivity contribution in [3.8, 4) is 5.75 Å². The number of halogens is 1. The molecular weight excluding hydrogens is 308 g/mol. The quantitative estimate of drug-likeness (QED) is 0.903. The van der Waals surface area contributed by atoms with Crippen molar-refractivity contribution in [2.75, 3.05) is 17.7 Å². The molecular formula is C15H15ClN2O4. The van der Waals surface area contributed by atoms with Gasteiger partial charge in [0.15, 0.2) is 11.6 Å². The molecule has 0 aliphatic rings. The molecule has 1 heterocycles. The molecule has 22 heavy (non-hydrogen) atoms. The highest BCUT2D eigenvalue weighted by molar-refractivity contribution is 6.31. The zero-order valence-corrected chi connectivity index (χ0v) is 13.1. The number of aryl methyl sites for hydroxylation is 1. The topological polar surface area (TPSA) is 80.6 Å². The van der Waals surface area contributed by atoms with Crippen LogP contribution in [-0.2, 0) is 4.79 Å². The smallest absolute Gasteiger partial charge is 0.291 e. The summed E-state index contributed by atoms with van der Waals surface area (Å²) in [7, 11) is 1.48. The van der Waals surface area contributed by atoms with E-state index in [9.17, 15) is 9.59 Å². The van der Waals surface area contributed by atoms with Gasteiger partial charge in [-0.3, -0.25) is 14.9 Å². The predicted molar refractivity (Wildman–Crippen MR) is 83.7 cm³/mol. The van der Waals surface area contributed by atoms with Crippen LogP contribution in [-0.4, -0.2) is 18.9 Å². The standard InChI is InChI=1S/C15H15ClN2O4/c1-8-6-11(13(21-3)7-10(8)16)18-15(20)12-4-5-14(22-12)17-9(2)19/h4-7H,1-3H3,(H,17,19)(H,18,20). The molecule has 0 fully saturated rings. The first-order valence-corrected chi connectivity index (χ1v) is 6.81. The minimum Gasteiger partial charge on any atom is -0.495 e. The normalized spacial score (nSPS) is 10.2. The molecule has 0 spiro atoms. The number of hydrogen-bond acceptors (Lipinski definition) is 4. The number of nitrogens with one attached hydrogen (secondary N) is 2. The lowest BCUT2D eigenvalue weighted by Gasteiger charge is -2.11. The zero-order valence-electron chi connectivity index (χ0n) is 12.3. The SMILES string of the molecule is COc1cc(Cl)c(C)cc1NC(=O)c1ccc(NC(C)=O)o1. The van der Waals surface area contributed by atoms with Gasteiger partial charge in [-0.15, -0.1) is 0 Å². The van der Waals surface area contributed by atoms with E-state index in [0.717, 1.165) is 5.56 Å². The molecule has 0 saturated carbocycles. The fourth-order valence-electron chi connectivity index (χ4n) is 1.81. The van der Waals surface area contributed by atoms with E-state index in [0.29, 0.717) is 16.5 Å². The van der Waals surface area contributed by atoms with E-state index in [4.69, 9.17) is 20.8 Å². The van der Waals surface area contributed by atoms with Gasteiger partial charge in [-0.1, -0.05) is 11.6 Å². The van der Waals surface area contributed by atoms with Gasteiger partial charge in [-0.05, 0) is 24.6 Å². The second kappa shape index (κ2) is 6.53. The first-order chi connectivity index (χ1) is 10.4. The molecule has 6 nitrogen and oxygen atoms in total. The van der Waals surface area contributed by atoms with Crippen LogP contribution in [0.25, 0.3) is 0 Å². The Balaban J connectivity index is 2.20. The molecule has 2 N–H and O–H groups in total. The van der Waals surface area contributed by atoms with Gasteiger partial charge >= 0.3 is 0 Å². The van der Waals surface area contributed by atoms with Gasteiger partial charge in [0.05, 0.1) is 12.8 Å². The largest absolute Gasteiger partial charge is 0.495 e. The van der Waals surface area contributed by atoms with Crippen molar-refractivity contribution < 1.29 is 18.7 Å². The maximum atomic E-state index is 12.2. The van der Waals surface area contributed by atoms with Crippen molar-refractivity contribution in [3.05, 3.63) is 40.6 Å². The van der Waals surface area contributed by atoms with Gasteiger partial charge in [-0.2, -0.15) is 0 Å². The second-order valence-electron chi connectivity index (χ2n) is 4.60. The van der Waals surface area contributed by atoms with Gasteiger partial charge in [0.25, 0.3) is 5.91 Å². The average Bonchev–Trinajstić information content (AvgIpc) is 2.90. The van der Waals surface area contributed by atoms with Crippen LogP contribution in [0.2, 0.25) is 5.02 Å². The molecule has 0 bridgehead atoms. The van der Waals surface area contributed by atoms with Gasteiger partial charge in [-0.25, -0.2) is 0 Å². The first-order valence-electron chi connectivity index (χ1n) is 6.43. The Morgan fingerprint density at radius 3 is 2.59 bits per heavy atom. The third kappa shape index (κ3) is 3.59. The maximum Gasteiger partial charge on any atom is 0.291 e. The summed E-state index contributed by atoms with van der Waals surface area (Å²) >= 11 is 6.02. The zero-order chi connectivity index (χ0) is 16.3. The van der Waals surface area contributed by atoms with Gasteiger partial charge < -0.3 is 14.5 Å². The lowest BCUT2D eigenvalue weighted by molar-refractivity contribution is -0.114. The van der Waals surface area contributed by atoms with Gasteiger partial charge in [0.1, 0.15) is 5.75 Å². The molecule has 2 amide bonds.